The molecule has 4 nitrogen and oxygen atoms in total. The van der Waals surface area contributed by atoms with Crippen LogP contribution in [0.2, 0.25) is 0 Å². The van der Waals surface area contributed by atoms with Crippen molar-refractivity contribution in [3.8, 4) is 0 Å². The fourth-order valence-corrected chi connectivity index (χ4v) is 2.60. The SMILES string of the molecule is CCCc1c(CC)[nH]c2c(C)cc(C(=O)O)cc2c1=O. The van der Waals surface area contributed by atoms with Gasteiger partial charge in [0.1, 0.15) is 0 Å². The number of aromatic nitrogens is 1. The third-order valence-electron chi connectivity index (χ3n) is 3.59. The minimum atomic E-state index is -1.01. The Morgan fingerprint density at radius 2 is 2.00 bits per heavy atom. The van der Waals surface area contributed by atoms with Crippen LogP contribution in [0.25, 0.3) is 10.9 Å². The van der Waals surface area contributed by atoms with Gasteiger partial charge in [0, 0.05) is 16.6 Å². The summed E-state index contributed by atoms with van der Waals surface area (Å²) < 4.78 is 0. The second-order valence-electron chi connectivity index (χ2n) is 5.04. The molecule has 20 heavy (non-hydrogen) atoms. The van der Waals surface area contributed by atoms with Gasteiger partial charge in [-0.25, -0.2) is 4.79 Å². The number of aromatic amines is 1. The van der Waals surface area contributed by atoms with Gasteiger partial charge in [0.2, 0.25) is 0 Å². The van der Waals surface area contributed by atoms with Gasteiger partial charge in [-0.05, 0) is 37.5 Å². The quantitative estimate of drug-likeness (QED) is 0.899. The van der Waals surface area contributed by atoms with Crippen LogP contribution >= 0.6 is 0 Å². The molecule has 106 valence electrons. The molecular formula is C16H19NO3. The average Bonchev–Trinajstić information content (AvgIpc) is 2.42. The number of carbonyl (C=O) groups is 1. The molecule has 1 aromatic carbocycles. The van der Waals surface area contributed by atoms with Crippen LogP contribution in [0.1, 0.15) is 47.4 Å². The molecule has 0 unspecified atom stereocenters. The maximum absolute atomic E-state index is 12.6. The van der Waals surface area contributed by atoms with Gasteiger partial charge in [0.15, 0.2) is 5.43 Å². The molecule has 0 spiro atoms. The summed E-state index contributed by atoms with van der Waals surface area (Å²) >= 11 is 0. The van der Waals surface area contributed by atoms with Gasteiger partial charge >= 0.3 is 5.97 Å². The molecule has 0 radical (unpaired) electrons. The minimum absolute atomic E-state index is 0.0383. The summed E-state index contributed by atoms with van der Waals surface area (Å²) in [6.45, 7) is 5.86. The molecule has 0 saturated heterocycles. The molecule has 4 heteroatoms. The molecule has 0 aliphatic carbocycles. The zero-order valence-corrected chi connectivity index (χ0v) is 12.0. The number of aromatic carboxylic acids is 1. The molecule has 1 heterocycles. The number of nitrogens with one attached hydrogen (secondary N) is 1. The molecule has 0 amide bonds. The van der Waals surface area contributed by atoms with Crippen LogP contribution in [0.5, 0.6) is 0 Å². The Labute approximate surface area is 117 Å². The topological polar surface area (TPSA) is 70.2 Å². The van der Waals surface area contributed by atoms with E-state index in [1.807, 2.05) is 20.8 Å². The van der Waals surface area contributed by atoms with Crippen molar-refractivity contribution in [2.24, 2.45) is 0 Å². The lowest BCUT2D eigenvalue weighted by Crippen LogP contribution is -2.16. The van der Waals surface area contributed by atoms with E-state index in [1.54, 1.807) is 6.07 Å². The molecule has 1 aromatic heterocycles. The van der Waals surface area contributed by atoms with E-state index >= 15 is 0 Å². The van der Waals surface area contributed by atoms with Crippen LogP contribution in [0, 0.1) is 6.92 Å². The lowest BCUT2D eigenvalue weighted by molar-refractivity contribution is 0.0697. The molecule has 0 aliphatic heterocycles. The number of aryl methyl sites for hydroxylation is 2. The van der Waals surface area contributed by atoms with Gasteiger partial charge in [0.05, 0.1) is 11.1 Å². The minimum Gasteiger partial charge on any atom is -0.478 e. The van der Waals surface area contributed by atoms with E-state index in [1.165, 1.54) is 6.07 Å². The van der Waals surface area contributed by atoms with Crippen LogP contribution in [0.15, 0.2) is 16.9 Å². The molecule has 0 saturated carbocycles. The standard InChI is InChI=1S/C16H19NO3/c1-4-6-11-13(5-2)17-14-9(3)7-10(16(19)20)8-12(14)15(11)18/h7-8H,4-6H2,1-3H3,(H,17,18)(H,19,20). The second kappa shape index (κ2) is 5.49. The first-order valence-corrected chi connectivity index (χ1v) is 6.91. The van der Waals surface area contributed by atoms with Crippen molar-refractivity contribution < 1.29 is 9.90 Å². The van der Waals surface area contributed by atoms with Gasteiger partial charge in [-0.15, -0.1) is 0 Å². The third kappa shape index (κ3) is 2.33. The Morgan fingerprint density at radius 1 is 1.30 bits per heavy atom. The number of rotatable bonds is 4. The predicted molar refractivity (Wildman–Crippen MR) is 79.6 cm³/mol. The summed E-state index contributed by atoms with van der Waals surface area (Å²) in [6, 6.07) is 3.07. The van der Waals surface area contributed by atoms with Crippen molar-refractivity contribution >= 4 is 16.9 Å². The number of hydrogen-bond acceptors (Lipinski definition) is 2. The fraction of sp³-hybridized carbons (Fsp3) is 0.375. The van der Waals surface area contributed by atoms with Crippen LogP contribution < -0.4 is 5.43 Å². The first-order chi connectivity index (χ1) is 9.49. The lowest BCUT2D eigenvalue weighted by Gasteiger charge is -2.11. The van der Waals surface area contributed by atoms with Crippen molar-refractivity contribution in [1.82, 2.24) is 4.98 Å². The van der Waals surface area contributed by atoms with E-state index in [0.29, 0.717) is 11.8 Å². The summed E-state index contributed by atoms with van der Waals surface area (Å²) in [5, 5.41) is 9.60. The Balaban J connectivity index is 2.87. The van der Waals surface area contributed by atoms with Crippen LogP contribution in [0.4, 0.5) is 0 Å². The summed E-state index contributed by atoms with van der Waals surface area (Å²) in [5.41, 5.74) is 3.39. The van der Waals surface area contributed by atoms with Crippen LogP contribution in [-0.4, -0.2) is 16.1 Å². The van der Waals surface area contributed by atoms with Crippen molar-refractivity contribution in [3.63, 3.8) is 0 Å². The van der Waals surface area contributed by atoms with Crippen molar-refractivity contribution in [2.75, 3.05) is 0 Å². The maximum Gasteiger partial charge on any atom is 0.335 e. The highest BCUT2D eigenvalue weighted by molar-refractivity contribution is 5.94. The number of fused-ring (bicyclic) bond motifs is 1. The maximum atomic E-state index is 12.6. The van der Waals surface area contributed by atoms with Gasteiger partial charge in [-0.1, -0.05) is 20.3 Å². The fourth-order valence-electron chi connectivity index (χ4n) is 2.60. The number of H-pyrrole nitrogens is 1. The summed E-state index contributed by atoms with van der Waals surface area (Å²) in [5.74, 6) is -1.01. The average molecular weight is 273 g/mol. The lowest BCUT2D eigenvalue weighted by atomic mass is 9.99. The molecule has 2 N–H and O–H groups in total. The molecule has 0 aliphatic rings. The highest BCUT2D eigenvalue weighted by Crippen LogP contribution is 2.19. The zero-order valence-electron chi connectivity index (χ0n) is 12.0. The molecule has 0 atom stereocenters. The van der Waals surface area contributed by atoms with Crippen molar-refractivity contribution in [3.05, 3.63) is 44.7 Å². The highest BCUT2D eigenvalue weighted by Gasteiger charge is 2.14. The van der Waals surface area contributed by atoms with Crippen LogP contribution in [0.3, 0.4) is 0 Å². The van der Waals surface area contributed by atoms with Gasteiger partial charge in [-0.3, -0.25) is 4.79 Å². The largest absolute Gasteiger partial charge is 0.478 e. The van der Waals surface area contributed by atoms with Crippen molar-refractivity contribution in [2.45, 2.75) is 40.0 Å². The Morgan fingerprint density at radius 3 is 2.55 bits per heavy atom. The Hall–Kier alpha value is -2.10. The van der Waals surface area contributed by atoms with E-state index in [-0.39, 0.29) is 11.0 Å². The van der Waals surface area contributed by atoms with Crippen molar-refractivity contribution in [1.29, 1.82) is 0 Å². The normalized spacial score (nSPS) is 10.9. The van der Waals surface area contributed by atoms with Crippen LogP contribution in [-0.2, 0) is 12.8 Å². The number of pyridine rings is 1. The summed E-state index contributed by atoms with van der Waals surface area (Å²) in [6.07, 6.45) is 2.37. The monoisotopic (exact) mass is 273 g/mol. The smallest absolute Gasteiger partial charge is 0.335 e. The summed E-state index contributed by atoms with van der Waals surface area (Å²) in [4.78, 5) is 27.1. The van der Waals surface area contributed by atoms with Gasteiger partial charge in [-0.2, -0.15) is 0 Å². The van der Waals surface area contributed by atoms with Gasteiger partial charge < -0.3 is 10.1 Å². The van der Waals surface area contributed by atoms with E-state index < -0.39 is 5.97 Å². The number of hydrogen-bond donors (Lipinski definition) is 2. The first kappa shape index (κ1) is 14.3. The van der Waals surface area contributed by atoms with E-state index in [9.17, 15) is 9.59 Å². The van der Waals surface area contributed by atoms with E-state index in [2.05, 4.69) is 4.98 Å². The Bertz CT molecular complexity index is 729. The molecule has 2 rings (SSSR count). The van der Waals surface area contributed by atoms with Gasteiger partial charge in [0.25, 0.3) is 0 Å². The number of benzene rings is 1. The zero-order chi connectivity index (χ0) is 14.9. The van der Waals surface area contributed by atoms with E-state index in [0.717, 1.165) is 35.2 Å². The first-order valence-electron chi connectivity index (χ1n) is 6.91. The predicted octanol–water partition coefficient (Wildman–Crippen LogP) is 3.05. The molecule has 2 aromatic rings. The molecular weight excluding hydrogens is 254 g/mol. The highest BCUT2D eigenvalue weighted by atomic mass is 16.4. The summed E-state index contributed by atoms with van der Waals surface area (Å²) in [7, 11) is 0. The molecule has 0 bridgehead atoms. The Kier molecular flexibility index (Phi) is 3.93. The number of carboxylic acids is 1. The number of carboxylic acid groups (broad SMARTS) is 1. The third-order valence-corrected chi connectivity index (χ3v) is 3.59. The second-order valence-corrected chi connectivity index (χ2v) is 5.04. The molecule has 0 fully saturated rings. The van der Waals surface area contributed by atoms with E-state index in [4.69, 9.17) is 5.11 Å².